The number of hydrogen-bond acceptors (Lipinski definition) is 3. The van der Waals surface area contributed by atoms with Crippen molar-refractivity contribution in [2.75, 3.05) is 5.32 Å². The molecule has 2 rings (SSSR count). The molecule has 1 atom stereocenters. The van der Waals surface area contributed by atoms with Crippen LogP contribution in [-0.4, -0.2) is 8.42 Å². The largest absolute Gasteiger partial charge is 0.378 e. The molecule has 0 saturated carbocycles. The van der Waals surface area contributed by atoms with E-state index in [0.717, 1.165) is 21.3 Å². The van der Waals surface area contributed by atoms with Gasteiger partial charge in [0.25, 0.3) is 0 Å². The zero-order valence-corrected chi connectivity index (χ0v) is 14.2. The highest BCUT2D eigenvalue weighted by Gasteiger charge is 2.12. The molecule has 3 N–H and O–H groups in total. The van der Waals surface area contributed by atoms with E-state index in [1.807, 2.05) is 38.1 Å². The number of primary sulfonamides is 1. The van der Waals surface area contributed by atoms with Crippen LogP contribution in [0.25, 0.3) is 0 Å². The predicted octanol–water partition coefficient (Wildman–Crippen LogP) is 3.58. The first-order chi connectivity index (χ1) is 9.77. The monoisotopic (exact) mass is 368 g/mol. The fourth-order valence-corrected chi connectivity index (χ4v) is 3.11. The molecule has 2 aromatic rings. The topological polar surface area (TPSA) is 72.2 Å². The van der Waals surface area contributed by atoms with Gasteiger partial charge in [-0.1, -0.05) is 28.1 Å². The maximum absolute atomic E-state index is 11.4. The van der Waals surface area contributed by atoms with Gasteiger partial charge in [-0.15, -0.1) is 0 Å². The number of aryl methyl sites for hydroxylation is 1. The van der Waals surface area contributed by atoms with Crippen molar-refractivity contribution in [3.8, 4) is 0 Å². The molecule has 1 unspecified atom stereocenters. The highest BCUT2D eigenvalue weighted by Crippen LogP contribution is 2.25. The van der Waals surface area contributed by atoms with Gasteiger partial charge in [0.1, 0.15) is 0 Å². The summed E-state index contributed by atoms with van der Waals surface area (Å²) in [6.07, 6.45) is 0. The molecule has 21 heavy (non-hydrogen) atoms. The number of nitrogens with two attached hydrogens (primary N) is 1. The lowest BCUT2D eigenvalue weighted by atomic mass is 10.1. The first kappa shape index (κ1) is 16.0. The third kappa shape index (κ3) is 4.06. The maximum atomic E-state index is 11.4. The molecule has 0 aliphatic heterocycles. The van der Waals surface area contributed by atoms with E-state index in [-0.39, 0.29) is 10.9 Å². The third-order valence-electron chi connectivity index (χ3n) is 3.25. The van der Waals surface area contributed by atoms with Gasteiger partial charge in [0.05, 0.1) is 4.90 Å². The summed E-state index contributed by atoms with van der Waals surface area (Å²) in [6, 6.07) is 12.6. The Hall–Kier alpha value is -1.37. The lowest BCUT2D eigenvalue weighted by Gasteiger charge is -2.18. The molecule has 0 aromatic heterocycles. The van der Waals surface area contributed by atoms with E-state index in [1.165, 1.54) is 6.07 Å². The molecule has 0 amide bonds. The van der Waals surface area contributed by atoms with Crippen molar-refractivity contribution in [1.29, 1.82) is 0 Å². The van der Waals surface area contributed by atoms with Gasteiger partial charge in [-0.25, -0.2) is 13.6 Å². The van der Waals surface area contributed by atoms with E-state index in [9.17, 15) is 8.42 Å². The minimum absolute atomic E-state index is 0.0356. The molecule has 0 heterocycles. The van der Waals surface area contributed by atoms with Crippen LogP contribution in [0.15, 0.2) is 51.8 Å². The number of halogens is 1. The number of hydrogen-bond donors (Lipinski definition) is 2. The Morgan fingerprint density at radius 2 is 1.90 bits per heavy atom. The lowest BCUT2D eigenvalue weighted by Crippen LogP contribution is -2.14. The van der Waals surface area contributed by atoms with E-state index in [2.05, 4.69) is 21.2 Å². The average Bonchev–Trinajstić information content (AvgIpc) is 2.41. The second-order valence-corrected chi connectivity index (χ2v) is 7.42. The lowest BCUT2D eigenvalue weighted by molar-refractivity contribution is 0.597. The van der Waals surface area contributed by atoms with Crippen molar-refractivity contribution in [3.05, 3.63) is 58.1 Å². The Morgan fingerprint density at radius 1 is 1.19 bits per heavy atom. The Morgan fingerprint density at radius 3 is 2.52 bits per heavy atom. The summed E-state index contributed by atoms with van der Waals surface area (Å²) in [6.45, 7) is 3.99. The van der Waals surface area contributed by atoms with Gasteiger partial charge in [-0.3, -0.25) is 0 Å². The van der Waals surface area contributed by atoms with Crippen molar-refractivity contribution < 1.29 is 8.42 Å². The van der Waals surface area contributed by atoms with Crippen molar-refractivity contribution in [2.45, 2.75) is 24.8 Å². The maximum Gasteiger partial charge on any atom is 0.238 e. The molecule has 112 valence electrons. The van der Waals surface area contributed by atoms with Gasteiger partial charge < -0.3 is 5.32 Å². The first-order valence-corrected chi connectivity index (χ1v) is 8.77. The van der Waals surface area contributed by atoms with E-state index < -0.39 is 10.0 Å². The number of sulfonamides is 1. The summed E-state index contributed by atoms with van der Waals surface area (Å²) in [5.74, 6) is 0. The third-order valence-corrected chi connectivity index (χ3v) is 4.65. The normalized spacial score (nSPS) is 13.0. The SMILES string of the molecule is Cc1cc(Br)ccc1NC(C)c1cccc(S(N)(=O)=O)c1. The van der Waals surface area contributed by atoms with Crippen molar-refractivity contribution >= 4 is 31.6 Å². The minimum atomic E-state index is -3.68. The molecule has 0 aliphatic carbocycles. The van der Waals surface area contributed by atoms with E-state index in [4.69, 9.17) is 5.14 Å². The van der Waals surface area contributed by atoms with Crippen LogP contribution in [0, 0.1) is 6.92 Å². The molecule has 2 aromatic carbocycles. The standard InChI is InChI=1S/C15H17BrN2O2S/c1-10-8-13(16)6-7-15(10)18-11(2)12-4-3-5-14(9-12)21(17,19)20/h3-9,11,18H,1-2H3,(H2,17,19,20). The molecule has 0 spiro atoms. The summed E-state index contributed by atoms with van der Waals surface area (Å²) in [4.78, 5) is 0.126. The summed E-state index contributed by atoms with van der Waals surface area (Å²) in [5.41, 5.74) is 2.98. The summed E-state index contributed by atoms with van der Waals surface area (Å²) < 4.78 is 23.8. The van der Waals surface area contributed by atoms with Gasteiger partial charge in [0, 0.05) is 16.2 Å². The molecule has 0 bridgehead atoms. The smallest absolute Gasteiger partial charge is 0.238 e. The predicted molar refractivity (Wildman–Crippen MR) is 88.7 cm³/mol. The summed E-state index contributed by atoms with van der Waals surface area (Å²) >= 11 is 3.43. The quantitative estimate of drug-likeness (QED) is 0.865. The number of nitrogens with one attached hydrogen (secondary N) is 1. The Labute approximate surface area is 133 Å². The van der Waals surface area contributed by atoms with Crippen LogP contribution in [0.2, 0.25) is 0 Å². The van der Waals surface area contributed by atoms with Crippen molar-refractivity contribution in [1.82, 2.24) is 0 Å². The van der Waals surface area contributed by atoms with Crippen LogP contribution in [0.3, 0.4) is 0 Å². The Bertz CT molecular complexity index is 760. The van der Waals surface area contributed by atoms with Gasteiger partial charge in [-0.2, -0.15) is 0 Å². The zero-order chi connectivity index (χ0) is 15.6. The van der Waals surface area contributed by atoms with Crippen LogP contribution in [-0.2, 0) is 10.0 Å². The zero-order valence-electron chi connectivity index (χ0n) is 11.8. The van der Waals surface area contributed by atoms with Crippen LogP contribution < -0.4 is 10.5 Å². The highest BCUT2D eigenvalue weighted by molar-refractivity contribution is 9.10. The molecular formula is C15H17BrN2O2S. The van der Waals surface area contributed by atoms with Crippen LogP contribution in [0.5, 0.6) is 0 Å². The molecule has 6 heteroatoms. The molecule has 0 fully saturated rings. The fraction of sp³-hybridized carbons (Fsp3) is 0.200. The van der Waals surface area contributed by atoms with Crippen LogP contribution >= 0.6 is 15.9 Å². The van der Waals surface area contributed by atoms with E-state index in [0.29, 0.717) is 0 Å². The molecule has 0 saturated heterocycles. The Balaban J connectivity index is 2.26. The van der Waals surface area contributed by atoms with E-state index >= 15 is 0 Å². The summed E-state index contributed by atoms with van der Waals surface area (Å²) in [5, 5.41) is 8.54. The number of anilines is 1. The number of rotatable bonds is 4. The summed E-state index contributed by atoms with van der Waals surface area (Å²) in [7, 11) is -3.68. The fourth-order valence-electron chi connectivity index (χ4n) is 2.07. The highest BCUT2D eigenvalue weighted by atomic mass is 79.9. The molecule has 4 nitrogen and oxygen atoms in total. The second-order valence-electron chi connectivity index (χ2n) is 4.94. The van der Waals surface area contributed by atoms with Crippen molar-refractivity contribution in [2.24, 2.45) is 5.14 Å². The van der Waals surface area contributed by atoms with Gasteiger partial charge in [-0.05, 0) is 55.3 Å². The second kappa shape index (κ2) is 6.17. The molecule has 0 radical (unpaired) electrons. The van der Waals surface area contributed by atoms with Gasteiger partial charge in [0.15, 0.2) is 0 Å². The number of benzene rings is 2. The minimum Gasteiger partial charge on any atom is -0.378 e. The first-order valence-electron chi connectivity index (χ1n) is 6.43. The van der Waals surface area contributed by atoms with E-state index in [1.54, 1.807) is 12.1 Å². The van der Waals surface area contributed by atoms with Crippen LogP contribution in [0.4, 0.5) is 5.69 Å². The molecule has 0 aliphatic rings. The van der Waals surface area contributed by atoms with Gasteiger partial charge in [0.2, 0.25) is 10.0 Å². The average molecular weight is 369 g/mol. The van der Waals surface area contributed by atoms with Crippen molar-refractivity contribution in [3.63, 3.8) is 0 Å². The van der Waals surface area contributed by atoms with Crippen LogP contribution in [0.1, 0.15) is 24.1 Å². The Kier molecular flexibility index (Phi) is 4.70. The van der Waals surface area contributed by atoms with Gasteiger partial charge >= 0.3 is 0 Å². The molecular weight excluding hydrogens is 352 g/mol.